The van der Waals surface area contributed by atoms with Crippen LogP contribution >= 0.6 is 0 Å². The van der Waals surface area contributed by atoms with E-state index in [2.05, 4.69) is 5.32 Å². The van der Waals surface area contributed by atoms with Gasteiger partial charge in [0.1, 0.15) is 0 Å². The van der Waals surface area contributed by atoms with Gasteiger partial charge in [-0.25, -0.2) is 4.79 Å². The number of rotatable bonds is 2. The Morgan fingerprint density at radius 3 is 2.71 bits per heavy atom. The molecule has 0 unspecified atom stereocenters. The van der Waals surface area contributed by atoms with Crippen LogP contribution in [0.5, 0.6) is 0 Å². The Hall–Kier alpha value is -2.10. The fourth-order valence-electron chi connectivity index (χ4n) is 1.78. The number of carbonyl (C=O) groups is 2. The van der Waals surface area contributed by atoms with Gasteiger partial charge in [0.15, 0.2) is 6.29 Å². The molecular formula is C13H14N2O2. The van der Waals surface area contributed by atoms with E-state index in [1.165, 1.54) is 4.57 Å². The maximum absolute atomic E-state index is 11.9. The molecule has 0 fully saturated rings. The van der Waals surface area contributed by atoms with E-state index in [-0.39, 0.29) is 12.1 Å². The SMILES string of the molecule is CC(C)NC(=O)n1cc(C=O)c2ccccc21. The highest BCUT2D eigenvalue weighted by atomic mass is 16.2. The lowest BCUT2D eigenvalue weighted by Gasteiger charge is -2.09. The molecule has 1 amide bonds. The van der Waals surface area contributed by atoms with E-state index < -0.39 is 0 Å². The minimum atomic E-state index is -0.218. The summed E-state index contributed by atoms with van der Waals surface area (Å²) in [5.74, 6) is 0. The number of hydrogen-bond acceptors (Lipinski definition) is 2. The van der Waals surface area contributed by atoms with Gasteiger partial charge in [0.25, 0.3) is 0 Å². The van der Waals surface area contributed by atoms with Gasteiger partial charge in [-0.15, -0.1) is 0 Å². The maximum Gasteiger partial charge on any atom is 0.326 e. The van der Waals surface area contributed by atoms with Crippen LogP contribution in [0.4, 0.5) is 4.79 Å². The third-order valence-corrected chi connectivity index (χ3v) is 2.50. The van der Waals surface area contributed by atoms with Crippen molar-refractivity contribution in [1.82, 2.24) is 9.88 Å². The van der Waals surface area contributed by atoms with Gasteiger partial charge in [0.2, 0.25) is 0 Å². The highest BCUT2D eigenvalue weighted by Crippen LogP contribution is 2.19. The first kappa shape index (κ1) is 11.4. The number of carbonyl (C=O) groups excluding carboxylic acids is 2. The van der Waals surface area contributed by atoms with E-state index >= 15 is 0 Å². The van der Waals surface area contributed by atoms with Crippen LogP contribution in [-0.2, 0) is 0 Å². The first-order valence-corrected chi connectivity index (χ1v) is 5.49. The van der Waals surface area contributed by atoms with Crippen LogP contribution in [0, 0.1) is 0 Å². The number of fused-ring (bicyclic) bond motifs is 1. The van der Waals surface area contributed by atoms with E-state index in [0.29, 0.717) is 5.56 Å². The van der Waals surface area contributed by atoms with Gasteiger partial charge in [0, 0.05) is 23.2 Å². The van der Waals surface area contributed by atoms with Crippen LogP contribution in [-0.4, -0.2) is 22.9 Å². The van der Waals surface area contributed by atoms with Crippen LogP contribution in [0.1, 0.15) is 24.2 Å². The van der Waals surface area contributed by atoms with Crippen molar-refractivity contribution in [3.8, 4) is 0 Å². The first-order chi connectivity index (χ1) is 8.13. The molecule has 0 aliphatic rings. The number of para-hydroxylation sites is 1. The summed E-state index contributed by atoms with van der Waals surface area (Å²) in [6.07, 6.45) is 2.33. The standard InChI is InChI=1S/C13H14N2O2/c1-9(2)14-13(17)15-7-10(8-16)11-5-3-4-6-12(11)15/h3-9H,1-2H3,(H,14,17). The number of benzene rings is 1. The minimum absolute atomic E-state index is 0.0587. The van der Waals surface area contributed by atoms with Crippen LogP contribution in [0.2, 0.25) is 0 Å². The van der Waals surface area contributed by atoms with Gasteiger partial charge in [-0.1, -0.05) is 18.2 Å². The van der Waals surface area contributed by atoms with Crippen molar-refractivity contribution in [2.45, 2.75) is 19.9 Å². The Balaban J connectivity index is 2.54. The molecule has 1 aromatic heterocycles. The molecule has 0 radical (unpaired) electrons. The van der Waals surface area contributed by atoms with Crippen molar-refractivity contribution >= 4 is 23.2 Å². The zero-order valence-corrected chi connectivity index (χ0v) is 9.81. The van der Waals surface area contributed by atoms with E-state index in [0.717, 1.165) is 17.2 Å². The fraction of sp³-hybridized carbons (Fsp3) is 0.231. The van der Waals surface area contributed by atoms with E-state index in [4.69, 9.17) is 0 Å². The molecule has 88 valence electrons. The van der Waals surface area contributed by atoms with Gasteiger partial charge >= 0.3 is 6.03 Å². The fourth-order valence-corrected chi connectivity index (χ4v) is 1.78. The molecule has 2 aromatic rings. The van der Waals surface area contributed by atoms with Gasteiger partial charge < -0.3 is 5.32 Å². The van der Waals surface area contributed by atoms with Crippen LogP contribution in [0.3, 0.4) is 0 Å². The molecule has 1 N–H and O–H groups in total. The molecule has 17 heavy (non-hydrogen) atoms. The summed E-state index contributed by atoms with van der Waals surface area (Å²) >= 11 is 0. The van der Waals surface area contributed by atoms with Crippen LogP contribution in [0.15, 0.2) is 30.5 Å². The number of hydrogen-bond donors (Lipinski definition) is 1. The van der Waals surface area contributed by atoms with Crippen molar-refractivity contribution < 1.29 is 9.59 Å². The quantitative estimate of drug-likeness (QED) is 0.805. The van der Waals surface area contributed by atoms with Crippen molar-refractivity contribution in [2.75, 3.05) is 0 Å². The third kappa shape index (κ3) is 2.06. The molecule has 0 aliphatic heterocycles. The Labute approximate surface area is 99.2 Å². The second-order valence-corrected chi connectivity index (χ2v) is 4.19. The smallest absolute Gasteiger partial charge is 0.326 e. The molecule has 0 atom stereocenters. The molecule has 0 spiro atoms. The summed E-state index contributed by atoms with van der Waals surface area (Å²) in [5, 5.41) is 3.59. The molecule has 0 saturated carbocycles. The maximum atomic E-state index is 11.9. The number of aldehydes is 1. The Morgan fingerprint density at radius 1 is 1.35 bits per heavy atom. The molecule has 1 aromatic carbocycles. The zero-order chi connectivity index (χ0) is 12.4. The molecule has 0 bridgehead atoms. The first-order valence-electron chi connectivity index (χ1n) is 5.49. The monoisotopic (exact) mass is 230 g/mol. The van der Waals surface area contributed by atoms with E-state index in [9.17, 15) is 9.59 Å². The van der Waals surface area contributed by atoms with E-state index in [1.54, 1.807) is 6.20 Å². The second kappa shape index (κ2) is 4.41. The predicted molar refractivity (Wildman–Crippen MR) is 66.4 cm³/mol. The number of amides is 1. The van der Waals surface area contributed by atoms with Gasteiger partial charge in [-0.2, -0.15) is 0 Å². The molecule has 4 nitrogen and oxygen atoms in total. The molecule has 1 heterocycles. The van der Waals surface area contributed by atoms with Crippen molar-refractivity contribution in [1.29, 1.82) is 0 Å². The third-order valence-electron chi connectivity index (χ3n) is 2.50. The van der Waals surface area contributed by atoms with Gasteiger partial charge in [0.05, 0.1) is 5.52 Å². The van der Waals surface area contributed by atoms with Crippen molar-refractivity contribution in [3.63, 3.8) is 0 Å². The summed E-state index contributed by atoms with van der Waals surface area (Å²) in [6.45, 7) is 3.79. The lowest BCUT2D eigenvalue weighted by atomic mass is 10.2. The number of nitrogens with one attached hydrogen (secondary N) is 1. The highest BCUT2D eigenvalue weighted by Gasteiger charge is 2.12. The average Bonchev–Trinajstić information content (AvgIpc) is 2.67. The summed E-state index contributed by atoms with van der Waals surface area (Å²) in [5.41, 5.74) is 1.27. The summed E-state index contributed by atoms with van der Waals surface area (Å²) in [7, 11) is 0. The van der Waals surface area contributed by atoms with Gasteiger partial charge in [-0.05, 0) is 19.9 Å². The number of aromatic nitrogens is 1. The zero-order valence-electron chi connectivity index (χ0n) is 9.81. The number of nitrogens with zero attached hydrogens (tertiary/aromatic N) is 1. The molecule has 0 saturated heterocycles. The minimum Gasteiger partial charge on any atom is -0.335 e. The largest absolute Gasteiger partial charge is 0.335 e. The Bertz CT molecular complexity index is 570. The molecular weight excluding hydrogens is 216 g/mol. The average molecular weight is 230 g/mol. The summed E-state index contributed by atoms with van der Waals surface area (Å²) in [4.78, 5) is 22.9. The lowest BCUT2D eigenvalue weighted by molar-refractivity contribution is 0.112. The molecule has 0 aliphatic carbocycles. The van der Waals surface area contributed by atoms with Crippen LogP contribution < -0.4 is 5.32 Å². The predicted octanol–water partition coefficient (Wildman–Crippen LogP) is 2.42. The van der Waals surface area contributed by atoms with Gasteiger partial charge in [-0.3, -0.25) is 9.36 Å². The molecule has 2 rings (SSSR count). The molecule has 4 heteroatoms. The van der Waals surface area contributed by atoms with E-state index in [1.807, 2.05) is 38.1 Å². The highest BCUT2D eigenvalue weighted by molar-refractivity contribution is 6.02. The van der Waals surface area contributed by atoms with Crippen molar-refractivity contribution in [2.24, 2.45) is 0 Å². The summed E-state index contributed by atoms with van der Waals surface area (Å²) in [6, 6.07) is 7.18. The normalized spacial score (nSPS) is 10.8. The van der Waals surface area contributed by atoms with Crippen LogP contribution in [0.25, 0.3) is 10.9 Å². The second-order valence-electron chi connectivity index (χ2n) is 4.19. The Morgan fingerprint density at radius 2 is 2.06 bits per heavy atom. The topological polar surface area (TPSA) is 51.1 Å². The van der Waals surface area contributed by atoms with Crippen molar-refractivity contribution in [3.05, 3.63) is 36.0 Å². The lowest BCUT2D eigenvalue weighted by Crippen LogP contribution is -2.33. The Kier molecular flexibility index (Phi) is 2.95. The summed E-state index contributed by atoms with van der Waals surface area (Å²) < 4.78 is 1.47.